The Bertz CT molecular complexity index is 1070. The normalized spacial score (nSPS) is 16.9. The van der Waals surface area contributed by atoms with Crippen molar-refractivity contribution in [2.24, 2.45) is 0 Å². The minimum atomic E-state index is -0.0719. The molecule has 0 aliphatic carbocycles. The van der Waals surface area contributed by atoms with Crippen LogP contribution < -0.4 is 0 Å². The number of rotatable bonds is 3. The molecule has 2 aliphatic heterocycles. The Morgan fingerprint density at radius 2 is 1.79 bits per heavy atom. The van der Waals surface area contributed by atoms with E-state index in [1.165, 1.54) is 0 Å². The molecule has 148 valence electrons. The first kappa shape index (κ1) is 17.9. The van der Waals surface area contributed by atoms with Crippen LogP contribution in [0.15, 0.2) is 48.5 Å². The summed E-state index contributed by atoms with van der Waals surface area (Å²) in [5.74, 6) is 0.355. The van der Waals surface area contributed by atoms with Gasteiger partial charge in [0.05, 0.1) is 24.2 Å². The van der Waals surface area contributed by atoms with Gasteiger partial charge >= 0.3 is 0 Å². The molecule has 7 nitrogen and oxygen atoms in total. The Hall–Kier alpha value is -3.19. The number of amides is 2. The van der Waals surface area contributed by atoms with Gasteiger partial charge in [0.1, 0.15) is 0 Å². The fourth-order valence-electron chi connectivity index (χ4n) is 4.02. The molecule has 0 N–H and O–H groups in total. The van der Waals surface area contributed by atoms with Crippen LogP contribution >= 0.6 is 0 Å². The molecule has 0 spiro atoms. The lowest BCUT2D eigenvalue weighted by molar-refractivity contribution is 0.0303. The van der Waals surface area contributed by atoms with Gasteiger partial charge in [-0.3, -0.25) is 9.59 Å². The van der Waals surface area contributed by atoms with Gasteiger partial charge in [-0.2, -0.15) is 0 Å². The van der Waals surface area contributed by atoms with Crippen molar-refractivity contribution in [2.75, 3.05) is 32.8 Å². The molecule has 7 heteroatoms. The van der Waals surface area contributed by atoms with E-state index in [1.807, 2.05) is 51.9 Å². The Kier molecular flexibility index (Phi) is 4.52. The van der Waals surface area contributed by atoms with Crippen LogP contribution in [-0.4, -0.2) is 64.0 Å². The monoisotopic (exact) mass is 390 g/mol. The number of aromatic nitrogens is 2. The maximum Gasteiger partial charge on any atom is 0.290 e. The lowest BCUT2D eigenvalue weighted by atomic mass is 10.1. The van der Waals surface area contributed by atoms with Crippen molar-refractivity contribution in [1.82, 2.24) is 19.4 Å². The third-order valence-electron chi connectivity index (χ3n) is 5.58. The van der Waals surface area contributed by atoms with Crippen LogP contribution in [0.4, 0.5) is 0 Å². The van der Waals surface area contributed by atoms with Crippen molar-refractivity contribution < 1.29 is 14.3 Å². The van der Waals surface area contributed by atoms with Crippen LogP contribution in [0, 0.1) is 0 Å². The predicted molar refractivity (Wildman–Crippen MR) is 108 cm³/mol. The standard InChI is InChI=1S/C22H22N4O3/c27-21(24-10-12-29-13-11-24)17-6-7-19-18(14-17)23-20-22(28)25(8-9-26(19)20)15-16-4-2-1-3-5-16/h1-7,14H,8-13,15H2. The van der Waals surface area contributed by atoms with Gasteiger partial charge in [-0.1, -0.05) is 30.3 Å². The molecule has 0 unspecified atom stereocenters. The van der Waals surface area contributed by atoms with E-state index in [9.17, 15) is 9.59 Å². The summed E-state index contributed by atoms with van der Waals surface area (Å²) in [5.41, 5.74) is 3.28. The Morgan fingerprint density at radius 1 is 1.00 bits per heavy atom. The summed E-state index contributed by atoms with van der Waals surface area (Å²) < 4.78 is 7.28. The van der Waals surface area contributed by atoms with Gasteiger partial charge < -0.3 is 19.1 Å². The number of ether oxygens (including phenoxy) is 1. The molecule has 2 aliphatic rings. The molecule has 2 amide bonds. The minimum absolute atomic E-state index is 0.0156. The van der Waals surface area contributed by atoms with Crippen LogP contribution in [-0.2, 0) is 17.8 Å². The van der Waals surface area contributed by atoms with Crippen molar-refractivity contribution in [3.8, 4) is 0 Å². The van der Waals surface area contributed by atoms with Crippen molar-refractivity contribution in [1.29, 1.82) is 0 Å². The topological polar surface area (TPSA) is 67.7 Å². The van der Waals surface area contributed by atoms with Crippen molar-refractivity contribution >= 4 is 22.8 Å². The summed E-state index contributed by atoms with van der Waals surface area (Å²) >= 11 is 0. The fourth-order valence-corrected chi connectivity index (χ4v) is 4.02. The van der Waals surface area contributed by atoms with Gasteiger partial charge in [0, 0.05) is 38.3 Å². The second-order valence-electron chi connectivity index (χ2n) is 7.41. The number of hydrogen-bond acceptors (Lipinski definition) is 4. The number of carbonyl (C=O) groups is 2. The predicted octanol–water partition coefficient (Wildman–Crippen LogP) is 2.16. The Labute approximate surface area is 168 Å². The maximum absolute atomic E-state index is 13.0. The van der Waals surface area contributed by atoms with Crippen molar-refractivity contribution in [2.45, 2.75) is 13.1 Å². The first-order valence-corrected chi connectivity index (χ1v) is 9.91. The average Bonchev–Trinajstić information content (AvgIpc) is 3.15. The molecular formula is C22H22N4O3. The Balaban J connectivity index is 1.42. The van der Waals surface area contributed by atoms with Gasteiger partial charge in [-0.25, -0.2) is 4.98 Å². The summed E-state index contributed by atoms with van der Waals surface area (Å²) in [5, 5.41) is 0. The minimum Gasteiger partial charge on any atom is -0.378 e. The first-order chi connectivity index (χ1) is 14.2. The van der Waals surface area contributed by atoms with Crippen LogP contribution in [0.25, 0.3) is 11.0 Å². The number of hydrogen-bond donors (Lipinski definition) is 0. The van der Waals surface area contributed by atoms with Gasteiger partial charge in [-0.15, -0.1) is 0 Å². The summed E-state index contributed by atoms with van der Waals surface area (Å²) in [6.07, 6.45) is 0. The highest BCUT2D eigenvalue weighted by molar-refractivity contribution is 6.00. The average molecular weight is 390 g/mol. The third-order valence-corrected chi connectivity index (χ3v) is 5.58. The van der Waals surface area contributed by atoms with E-state index in [1.54, 1.807) is 11.0 Å². The summed E-state index contributed by atoms with van der Waals surface area (Å²) in [7, 11) is 0. The molecule has 0 saturated carbocycles. The van der Waals surface area contributed by atoms with E-state index in [4.69, 9.17) is 4.74 Å². The first-order valence-electron chi connectivity index (χ1n) is 9.91. The van der Waals surface area contributed by atoms with Crippen molar-refractivity contribution in [3.63, 3.8) is 0 Å². The molecule has 3 aromatic rings. The second-order valence-corrected chi connectivity index (χ2v) is 7.41. The molecule has 1 aromatic heterocycles. The molecule has 29 heavy (non-hydrogen) atoms. The molecule has 2 aromatic carbocycles. The molecule has 0 radical (unpaired) electrons. The molecule has 3 heterocycles. The number of imidazole rings is 1. The molecule has 1 saturated heterocycles. The highest BCUT2D eigenvalue weighted by Crippen LogP contribution is 2.23. The highest BCUT2D eigenvalue weighted by Gasteiger charge is 2.28. The molecule has 1 fully saturated rings. The zero-order valence-electron chi connectivity index (χ0n) is 16.1. The lowest BCUT2D eigenvalue weighted by Crippen LogP contribution is -2.40. The zero-order valence-corrected chi connectivity index (χ0v) is 16.1. The molecule has 0 atom stereocenters. The summed E-state index contributed by atoms with van der Waals surface area (Å²) in [6, 6.07) is 15.5. The summed E-state index contributed by atoms with van der Waals surface area (Å²) in [4.78, 5) is 34.0. The Morgan fingerprint density at radius 3 is 2.59 bits per heavy atom. The zero-order chi connectivity index (χ0) is 19.8. The smallest absolute Gasteiger partial charge is 0.290 e. The van der Waals surface area contributed by atoms with Gasteiger partial charge in [0.25, 0.3) is 11.8 Å². The largest absolute Gasteiger partial charge is 0.378 e. The quantitative estimate of drug-likeness (QED) is 0.687. The van der Waals surface area contributed by atoms with Crippen LogP contribution in [0.1, 0.15) is 26.5 Å². The molecular weight excluding hydrogens is 368 g/mol. The van der Waals surface area contributed by atoms with E-state index in [0.29, 0.717) is 62.8 Å². The molecule has 5 rings (SSSR count). The van der Waals surface area contributed by atoms with Gasteiger partial charge in [-0.05, 0) is 23.8 Å². The van der Waals surface area contributed by atoms with E-state index < -0.39 is 0 Å². The van der Waals surface area contributed by atoms with Crippen LogP contribution in [0.2, 0.25) is 0 Å². The maximum atomic E-state index is 13.0. The van der Waals surface area contributed by atoms with Crippen molar-refractivity contribution in [3.05, 3.63) is 65.5 Å². The van der Waals surface area contributed by atoms with E-state index in [2.05, 4.69) is 4.98 Å². The van der Waals surface area contributed by atoms with E-state index in [0.717, 1.165) is 11.1 Å². The van der Waals surface area contributed by atoms with Gasteiger partial charge in [0.2, 0.25) is 0 Å². The second kappa shape index (κ2) is 7.33. The van der Waals surface area contributed by atoms with Crippen LogP contribution in [0.3, 0.4) is 0 Å². The number of nitrogens with zero attached hydrogens (tertiary/aromatic N) is 4. The lowest BCUT2D eigenvalue weighted by Gasteiger charge is -2.28. The van der Waals surface area contributed by atoms with E-state index in [-0.39, 0.29) is 11.8 Å². The number of morpholine rings is 1. The number of benzene rings is 2. The SMILES string of the molecule is O=C(c1ccc2c(c1)nc1n2CCN(Cc2ccccc2)C1=O)N1CCOCC1. The fraction of sp³-hybridized carbons (Fsp3) is 0.318. The van der Waals surface area contributed by atoms with Crippen LogP contribution in [0.5, 0.6) is 0 Å². The van der Waals surface area contributed by atoms with Gasteiger partial charge in [0.15, 0.2) is 5.82 Å². The number of fused-ring (bicyclic) bond motifs is 3. The van der Waals surface area contributed by atoms with E-state index >= 15 is 0 Å². The highest BCUT2D eigenvalue weighted by atomic mass is 16.5. The number of carbonyl (C=O) groups excluding carboxylic acids is 2. The molecule has 0 bridgehead atoms. The third kappa shape index (κ3) is 3.27. The summed E-state index contributed by atoms with van der Waals surface area (Å²) in [6.45, 7) is 4.25.